The fourth-order valence-corrected chi connectivity index (χ4v) is 4.74. The van der Waals surface area contributed by atoms with Gasteiger partial charge in [-0.3, -0.25) is 4.79 Å². The third-order valence-electron chi connectivity index (χ3n) is 4.98. The number of carbonyl (C=O) groups is 2. The Labute approximate surface area is 175 Å². The first-order valence-electron chi connectivity index (χ1n) is 9.76. The van der Waals surface area contributed by atoms with Crippen LogP contribution in [0.15, 0.2) is 23.8 Å². The van der Waals surface area contributed by atoms with Gasteiger partial charge in [0.25, 0.3) is 5.91 Å². The molecule has 1 aromatic carbocycles. The lowest BCUT2D eigenvalue weighted by molar-refractivity contribution is -0.112. The highest BCUT2D eigenvalue weighted by atomic mass is 32.1. The molecule has 0 fully saturated rings. The predicted octanol–water partition coefficient (Wildman–Crippen LogP) is 4.97. The topological polar surface area (TPSA) is 79.2 Å². The molecule has 1 N–H and O–H groups in total. The number of aryl methyl sites for hydroxylation is 3. The molecule has 150 valence electrons. The Morgan fingerprint density at radius 2 is 2.03 bits per heavy atom. The summed E-state index contributed by atoms with van der Waals surface area (Å²) in [5.74, 6) is -0.934. The number of thiophene rings is 1. The monoisotopic (exact) mass is 408 g/mol. The first-order valence-corrected chi connectivity index (χ1v) is 10.6. The third kappa shape index (κ3) is 4.57. The van der Waals surface area contributed by atoms with Crippen molar-refractivity contribution in [3.63, 3.8) is 0 Å². The van der Waals surface area contributed by atoms with Crippen molar-refractivity contribution in [3.8, 4) is 6.07 Å². The van der Waals surface area contributed by atoms with Gasteiger partial charge >= 0.3 is 5.97 Å². The Hall–Kier alpha value is -2.91. The largest absolute Gasteiger partial charge is 0.462 e. The van der Waals surface area contributed by atoms with Crippen LogP contribution in [0.25, 0.3) is 6.08 Å². The summed E-state index contributed by atoms with van der Waals surface area (Å²) in [4.78, 5) is 26.5. The molecular weight excluding hydrogens is 384 g/mol. The number of nitriles is 1. The van der Waals surface area contributed by atoms with E-state index >= 15 is 0 Å². The second-order valence-corrected chi connectivity index (χ2v) is 8.22. The van der Waals surface area contributed by atoms with Crippen molar-refractivity contribution in [2.45, 2.75) is 46.5 Å². The van der Waals surface area contributed by atoms with Crippen LogP contribution >= 0.6 is 11.3 Å². The average Bonchev–Trinajstić information content (AvgIpc) is 3.06. The summed E-state index contributed by atoms with van der Waals surface area (Å²) in [6.45, 7) is 5.93. The first-order chi connectivity index (χ1) is 13.9. The lowest BCUT2D eigenvalue weighted by Gasteiger charge is -2.12. The third-order valence-corrected chi connectivity index (χ3v) is 6.18. The van der Waals surface area contributed by atoms with E-state index in [1.807, 2.05) is 38.1 Å². The van der Waals surface area contributed by atoms with Crippen LogP contribution in [0, 0.1) is 25.2 Å². The van der Waals surface area contributed by atoms with Crippen LogP contribution in [0.1, 0.15) is 57.3 Å². The Kier molecular flexibility index (Phi) is 6.50. The predicted molar refractivity (Wildman–Crippen MR) is 115 cm³/mol. The Bertz CT molecular complexity index is 1030. The molecule has 0 bridgehead atoms. The summed E-state index contributed by atoms with van der Waals surface area (Å²) < 4.78 is 5.22. The van der Waals surface area contributed by atoms with Gasteiger partial charge in [0.1, 0.15) is 16.6 Å². The van der Waals surface area contributed by atoms with Crippen LogP contribution in [-0.4, -0.2) is 18.5 Å². The average molecular weight is 409 g/mol. The minimum Gasteiger partial charge on any atom is -0.462 e. The number of fused-ring (bicyclic) bond motifs is 1. The Balaban J connectivity index is 1.94. The van der Waals surface area contributed by atoms with Crippen LogP contribution < -0.4 is 5.32 Å². The minimum atomic E-state index is -0.516. The van der Waals surface area contributed by atoms with E-state index in [4.69, 9.17) is 4.74 Å². The quantitative estimate of drug-likeness (QED) is 0.430. The molecule has 0 saturated carbocycles. The maximum Gasteiger partial charge on any atom is 0.341 e. The van der Waals surface area contributed by atoms with E-state index in [1.54, 1.807) is 13.0 Å². The van der Waals surface area contributed by atoms with Crippen molar-refractivity contribution in [2.24, 2.45) is 0 Å². The van der Waals surface area contributed by atoms with Gasteiger partial charge in [-0.15, -0.1) is 11.3 Å². The van der Waals surface area contributed by atoms with Crippen molar-refractivity contribution in [1.82, 2.24) is 0 Å². The van der Waals surface area contributed by atoms with E-state index in [0.717, 1.165) is 52.8 Å². The van der Waals surface area contributed by atoms with Crippen LogP contribution in [0.5, 0.6) is 0 Å². The molecule has 2 aromatic rings. The highest BCUT2D eigenvalue weighted by Crippen LogP contribution is 2.38. The fraction of sp³-hybridized carbons (Fsp3) is 0.348. The number of nitrogens with one attached hydrogen (secondary N) is 1. The number of anilines is 1. The van der Waals surface area contributed by atoms with Gasteiger partial charge < -0.3 is 10.1 Å². The highest BCUT2D eigenvalue weighted by molar-refractivity contribution is 7.17. The molecule has 0 spiro atoms. The lowest BCUT2D eigenvalue weighted by atomic mass is 9.95. The van der Waals surface area contributed by atoms with Crippen LogP contribution in [0.4, 0.5) is 5.00 Å². The number of esters is 1. The van der Waals surface area contributed by atoms with Gasteiger partial charge in [0.15, 0.2) is 0 Å². The molecular formula is C23H24N2O3S. The standard InChI is InChI=1S/C23H24N2O3S/c1-4-28-23(27)20-18-7-5-6-8-19(18)29-22(20)25-21(26)17(13-24)12-16-11-14(2)9-10-15(16)3/h9-12H,4-8H2,1-3H3,(H,25,26)/b17-12+. The van der Waals surface area contributed by atoms with E-state index in [9.17, 15) is 14.9 Å². The number of nitrogens with zero attached hydrogens (tertiary/aromatic N) is 1. The van der Waals surface area contributed by atoms with Gasteiger partial charge in [0.05, 0.1) is 12.2 Å². The van der Waals surface area contributed by atoms with Gasteiger partial charge in [0.2, 0.25) is 0 Å². The smallest absolute Gasteiger partial charge is 0.341 e. The molecule has 1 aliphatic rings. The molecule has 0 aliphatic heterocycles. The zero-order chi connectivity index (χ0) is 21.0. The maximum atomic E-state index is 12.8. The molecule has 6 heteroatoms. The van der Waals surface area contributed by atoms with Crippen molar-refractivity contribution in [1.29, 1.82) is 5.26 Å². The molecule has 1 aromatic heterocycles. The van der Waals surface area contributed by atoms with Crippen molar-refractivity contribution >= 4 is 34.3 Å². The number of hydrogen-bond donors (Lipinski definition) is 1. The number of hydrogen-bond acceptors (Lipinski definition) is 5. The molecule has 1 amide bonds. The molecule has 0 atom stereocenters. The minimum absolute atomic E-state index is 0.000110. The highest BCUT2D eigenvalue weighted by Gasteiger charge is 2.27. The number of rotatable bonds is 5. The van der Waals surface area contributed by atoms with E-state index in [2.05, 4.69) is 5.32 Å². The molecule has 0 radical (unpaired) electrons. The van der Waals surface area contributed by atoms with Crippen molar-refractivity contribution in [3.05, 3.63) is 56.5 Å². The fourth-order valence-electron chi connectivity index (χ4n) is 3.46. The first kappa shape index (κ1) is 20.8. The lowest BCUT2D eigenvalue weighted by Crippen LogP contribution is -2.16. The Morgan fingerprint density at radius 1 is 1.28 bits per heavy atom. The maximum absolute atomic E-state index is 12.8. The molecule has 5 nitrogen and oxygen atoms in total. The van der Waals surface area contributed by atoms with Crippen molar-refractivity contribution < 1.29 is 14.3 Å². The van der Waals surface area contributed by atoms with E-state index in [1.165, 1.54) is 11.3 Å². The van der Waals surface area contributed by atoms with Gasteiger partial charge in [-0.05, 0) is 69.2 Å². The van der Waals surface area contributed by atoms with Gasteiger partial charge in [-0.1, -0.05) is 23.8 Å². The number of carbonyl (C=O) groups excluding carboxylic acids is 2. The van der Waals surface area contributed by atoms with Crippen LogP contribution in [0.2, 0.25) is 0 Å². The SMILES string of the molecule is CCOC(=O)c1c(NC(=O)/C(C#N)=C/c2cc(C)ccc2C)sc2c1CCCC2. The van der Waals surface area contributed by atoms with Gasteiger partial charge in [-0.2, -0.15) is 5.26 Å². The number of amides is 1. The second-order valence-electron chi connectivity index (χ2n) is 7.12. The molecule has 0 unspecified atom stereocenters. The van der Waals surface area contributed by atoms with Crippen molar-refractivity contribution in [2.75, 3.05) is 11.9 Å². The zero-order valence-corrected chi connectivity index (χ0v) is 17.7. The van der Waals surface area contributed by atoms with Gasteiger partial charge in [0, 0.05) is 4.88 Å². The summed E-state index contributed by atoms with van der Waals surface area (Å²) in [5, 5.41) is 12.8. The van der Waals surface area contributed by atoms with Crippen LogP contribution in [-0.2, 0) is 22.4 Å². The summed E-state index contributed by atoms with van der Waals surface area (Å²) in [6, 6.07) is 7.87. The molecule has 0 saturated heterocycles. The van der Waals surface area contributed by atoms with E-state index in [-0.39, 0.29) is 12.2 Å². The summed E-state index contributed by atoms with van der Waals surface area (Å²) >= 11 is 1.41. The van der Waals surface area contributed by atoms with E-state index in [0.29, 0.717) is 10.6 Å². The van der Waals surface area contributed by atoms with Crippen LogP contribution in [0.3, 0.4) is 0 Å². The number of benzene rings is 1. The van der Waals surface area contributed by atoms with Gasteiger partial charge in [-0.25, -0.2) is 4.79 Å². The molecule has 1 aliphatic carbocycles. The normalized spacial score (nSPS) is 13.4. The molecule has 3 rings (SSSR count). The summed E-state index contributed by atoms with van der Waals surface area (Å²) in [7, 11) is 0. The second kappa shape index (κ2) is 9.06. The molecule has 1 heterocycles. The summed E-state index contributed by atoms with van der Waals surface area (Å²) in [5.41, 5.74) is 4.29. The summed E-state index contributed by atoms with van der Waals surface area (Å²) in [6.07, 6.45) is 5.37. The number of ether oxygens (including phenoxy) is 1. The zero-order valence-electron chi connectivity index (χ0n) is 16.9. The Morgan fingerprint density at radius 3 is 2.76 bits per heavy atom. The van der Waals surface area contributed by atoms with E-state index < -0.39 is 11.9 Å². The molecule has 29 heavy (non-hydrogen) atoms.